The Hall–Kier alpha value is -7.56. The first kappa shape index (κ1) is 34.2. The Morgan fingerprint density at radius 3 is 1.39 bits per heavy atom. The first-order valence-electron chi connectivity index (χ1n) is 18.7. The maximum Gasteiger partial charge on any atom is 0.164 e. The van der Waals surface area contributed by atoms with Crippen molar-refractivity contribution in [3.05, 3.63) is 229 Å². The van der Waals surface area contributed by atoms with Crippen molar-refractivity contribution >= 4 is 22.1 Å². The largest absolute Gasteiger partial charge is 0.300 e. The van der Waals surface area contributed by atoms with Crippen LogP contribution in [0, 0.1) is 5.41 Å². The average molecular weight is 717 g/mol. The standard InChI is InChI=1S/C52H36N4/c53-49(40-23-12-4-13-24-40)35-48(38-21-10-3-11-22-38)46-28-16-27-39-29-30-42(34-47(39)46)51-54-50(41-25-14-5-15-26-41)55-52(56-51)45-32-43(36-17-6-1-7-18-36)31-44(33-45)37-19-8-2-9-20-37/h1-35,53H/b48-35-,53-49?. The lowest BCUT2D eigenvalue weighted by molar-refractivity contribution is 1.07. The van der Waals surface area contributed by atoms with Gasteiger partial charge in [-0.25, -0.2) is 15.0 Å². The fourth-order valence-electron chi connectivity index (χ4n) is 7.13. The second-order valence-electron chi connectivity index (χ2n) is 13.6. The Balaban J connectivity index is 1.23. The summed E-state index contributed by atoms with van der Waals surface area (Å²) < 4.78 is 0. The molecule has 0 spiro atoms. The van der Waals surface area contributed by atoms with Gasteiger partial charge in [0.2, 0.25) is 0 Å². The van der Waals surface area contributed by atoms with E-state index in [0.717, 1.165) is 72.0 Å². The third kappa shape index (κ3) is 7.20. The van der Waals surface area contributed by atoms with E-state index in [1.165, 1.54) is 0 Å². The molecule has 56 heavy (non-hydrogen) atoms. The summed E-state index contributed by atoms with van der Waals surface area (Å²) in [5.41, 5.74) is 11.4. The van der Waals surface area contributed by atoms with E-state index in [0.29, 0.717) is 23.2 Å². The zero-order chi connectivity index (χ0) is 37.7. The highest BCUT2D eigenvalue weighted by molar-refractivity contribution is 6.13. The number of fused-ring (bicyclic) bond motifs is 1. The molecule has 4 heteroatoms. The van der Waals surface area contributed by atoms with Crippen LogP contribution in [0.1, 0.15) is 16.7 Å². The quantitative estimate of drug-likeness (QED) is 0.151. The van der Waals surface area contributed by atoms with E-state index in [4.69, 9.17) is 20.4 Å². The SMILES string of the molecule is N=C(/C=C(/c1ccccc1)c1cccc2ccc(-c3nc(-c4ccccc4)nc(-c4cc(-c5ccccc5)cc(-c5ccccc5)c4)n3)cc12)c1ccccc1. The molecule has 0 unspecified atom stereocenters. The first-order chi connectivity index (χ1) is 27.7. The molecule has 264 valence electrons. The zero-order valence-electron chi connectivity index (χ0n) is 30.5. The molecule has 0 aliphatic carbocycles. The van der Waals surface area contributed by atoms with E-state index in [9.17, 15) is 0 Å². The van der Waals surface area contributed by atoms with Crippen LogP contribution >= 0.6 is 0 Å². The lowest BCUT2D eigenvalue weighted by Crippen LogP contribution is -2.01. The Morgan fingerprint density at radius 1 is 0.357 bits per heavy atom. The van der Waals surface area contributed by atoms with Gasteiger partial charge in [-0.2, -0.15) is 0 Å². The highest BCUT2D eigenvalue weighted by atomic mass is 15.0. The van der Waals surface area contributed by atoms with Gasteiger partial charge in [-0.3, -0.25) is 0 Å². The summed E-state index contributed by atoms with van der Waals surface area (Å²) in [5.74, 6) is 1.78. The minimum atomic E-state index is 0.444. The molecular weight excluding hydrogens is 681 g/mol. The lowest BCUT2D eigenvalue weighted by atomic mass is 9.90. The number of hydrogen-bond donors (Lipinski definition) is 1. The van der Waals surface area contributed by atoms with E-state index < -0.39 is 0 Å². The van der Waals surface area contributed by atoms with Gasteiger partial charge in [-0.05, 0) is 85.6 Å². The molecule has 0 fully saturated rings. The Kier molecular flexibility index (Phi) is 9.43. The third-order valence-corrected chi connectivity index (χ3v) is 9.96. The average Bonchev–Trinajstić information content (AvgIpc) is 3.29. The zero-order valence-corrected chi connectivity index (χ0v) is 30.5. The number of aromatic nitrogens is 3. The Morgan fingerprint density at radius 2 is 0.821 bits per heavy atom. The number of nitrogens with zero attached hydrogens (tertiary/aromatic N) is 3. The molecule has 0 saturated heterocycles. The van der Waals surface area contributed by atoms with Gasteiger partial charge in [0.15, 0.2) is 17.5 Å². The number of hydrogen-bond acceptors (Lipinski definition) is 4. The smallest absolute Gasteiger partial charge is 0.164 e. The van der Waals surface area contributed by atoms with Gasteiger partial charge in [0.25, 0.3) is 0 Å². The fourth-order valence-corrected chi connectivity index (χ4v) is 7.13. The third-order valence-electron chi connectivity index (χ3n) is 9.96. The van der Waals surface area contributed by atoms with E-state index >= 15 is 0 Å². The molecule has 0 amide bonds. The van der Waals surface area contributed by atoms with Crippen molar-refractivity contribution in [1.82, 2.24) is 15.0 Å². The predicted molar refractivity (Wildman–Crippen MR) is 231 cm³/mol. The summed E-state index contributed by atoms with van der Waals surface area (Å²) in [6, 6.07) is 70.5. The number of rotatable bonds is 9. The van der Waals surface area contributed by atoms with E-state index in [1.54, 1.807) is 0 Å². The van der Waals surface area contributed by atoms with E-state index in [2.05, 4.69) is 115 Å². The van der Waals surface area contributed by atoms with Crippen molar-refractivity contribution in [2.75, 3.05) is 0 Å². The van der Waals surface area contributed by atoms with Crippen LogP contribution in [0.3, 0.4) is 0 Å². The second-order valence-corrected chi connectivity index (χ2v) is 13.6. The molecule has 4 nitrogen and oxygen atoms in total. The number of benzene rings is 8. The molecule has 1 heterocycles. The summed E-state index contributed by atoms with van der Waals surface area (Å²) >= 11 is 0. The van der Waals surface area contributed by atoms with Crippen LogP contribution in [0.25, 0.3) is 72.8 Å². The highest BCUT2D eigenvalue weighted by Crippen LogP contribution is 2.36. The number of allylic oxidation sites excluding steroid dienone is 1. The Labute approximate surface area is 326 Å². The molecule has 0 bridgehead atoms. The van der Waals surface area contributed by atoms with Gasteiger partial charge in [0, 0.05) is 16.7 Å². The van der Waals surface area contributed by atoms with Gasteiger partial charge >= 0.3 is 0 Å². The molecule has 0 aliphatic heterocycles. The highest BCUT2D eigenvalue weighted by Gasteiger charge is 2.17. The molecule has 0 saturated carbocycles. The molecule has 9 aromatic rings. The maximum absolute atomic E-state index is 9.09. The molecule has 0 atom stereocenters. The van der Waals surface area contributed by atoms with Crippen molar-refractivity contribution in [1.29, 1.82) is 5.41 Å². The lowest BCUT2D eigenvalue weighted by Gasteiger charge is -2.15. The normalized spacial score (nSPS) is 11.4. The Bertz CT molecular complexity index is 2780. The van der Waals surface area contributed by atoms with Crippen molar-refractivity contribution in [2.45, 2.75) is 0 Å². The van der Waals surface area contributed by atoms with Crippen LogP contribution in [-0.4, -0.2) is 20.7 Å². The summed E-state index contributed by atoms with van der Waals surface area (Å²) in [4.78, 5) is 15.5. The molecule has 1 aromatic heterocycles. The minimum Gasteiger partial charge on any atom is -0.300 e. The molecule has 8 aromatic carbocycles. The maximum atomic E-state index is 9.09. The molecule has 9 rings (SSSR count). The van der Waals surface area contributed by atoms with Crippen molar-refractivity contribution in [3.63, 3.8) is 0 Å². The van der Waals surface area contributed by atoms with E-state index in [1.807, 2.05) is 97.1 Å². The van der Waals surface area contributed by atoms with Crippen LogP contribution in [0.4, 0.5) is 0 Å². The number of nitrogens with one attached hydrogen (secondary N) is 1. The molecule has 1 N–H and O–H groups in total. The van der Waals surface area contributed by atoms with E-state index in [-0.39, 0.29) is 0 Å². The van der Waals surface area contributed by atoms with Crippen molar-refractivity contribution in [2.24, 2.45) is 0 Å². The summed E-state index contributed by atoms with van der Waals surface area (Å²) in [6.07, 6.45) is 1.98. The van der Waals surface area contributed by atoms with Gasteiger partial charge < -0.3 is 5.41 Å². The van der Waals surface area contributed by atoms with Gasteiger partial charge in [0.05, 0.1) is 5.71 Å². The molecule has 0 radical (unpaired) electrons. The molecular formula is C52H36N4. The van der Waals surface area contributed by atoms with Crippen LogP contribution in [0.2, 0.25) is 0 Å². The fraction of sp³-hybridized carbons (Fsp3) is 0. The monoisotopic (exact) mass is 716 g/mol. The predicted octanol–water partition coefficient (Wildman–Crippen LogP) is 12.9. The second kappa shape index (κ2) is 15.4. The van der Waals surface area contributed by atoms with Crippen molar-refractivity contribution < 1.29 is 0 Å². The topological polar surface area (TPSA) is 62.5 Å². The summed E-state index contributed by atoms with van der Waals surface area (Å²) in [6.45, 7) is 0. The summed E-state index contributed by atoms with van der Waals surface area (Å²) in [7, 11) is 0. The minimum absolute atomic E-state index is 0.444. The summed E-state index contributed by atoms with van der Waals surface area (Å²) in [5, 5.41) is 11.2. The van der Waals surface area contributed by atoms with Gasteiger partial charge in [0.1, 0.15) is 0 Å². The van der Waals surface area contributed by atoms with Crippen LogP contribution in [0.15, 0.2) is 212 Å². The van der Waals surface area contributed by atoms with Crippen LogP contribution in [0.5, 0.6) is 0 Å². The van der Waals surface area contributed by atoms with Crippen LogP contribution in [-0.2, 0) is 0 Å². The van der Waals surface area contributed by atoms with Crippen molar-refractivity contribution in [3.8, 4) is 56.4 Å². The first-order valence-corrected chi connectivity index (χ1v) is 18.7. The van der Waals surface area contributed by atoms with Gasteiger partial charge in [-0.1, -0.05) is 182 Å². The van der Waals surface area contributed by atoms with Gasteiger partial charge in [-0.15, -0.1) is 0 Å². The molecule has 0 aliphatic rings. The van der Waals surface area contributed by atoms with Crippen LogP contribution < -0.4 is 0 Å².